The van der Waals surface area contributed by atoms with E-state index in [-0.39, 0.29) is 5.97 Å². The molecule has 1 aromatic rings. The quantitative estimate of drug-likeness (QED) is 0.686. The molecule has 0 unspecified atom stereocenters. The molecule has 19 heavy (non-hydrogen) atoms. The van der Waals surface area contributed by atoms with Gasteiger partial charge < -0.3 is 10.1 Å². The van der Waals surface area contributed by atoms with Crippen LogP contribution in [0.4, 0.5) is 5.69 Å². The van der Waals surface area contributed by atoms with Gasteiger partial charge >= 0.3 is 5.97 Å². The summed E-state index contributed by atoms with van der Waals surface area (Å²) >= 11 is 6.64. The molecule has 0 fully saturated rings. The summed E-state index contributed by atoms with van der Waals surface area (Å²) in [5.41, 5.74) is 1.44. The van der Waals surface area contributed by atoms with Crippen LogP contribution in [0.1, 0.15) is 23.7 Å². The Bertz CT molecular complexity index is 512. The van der Waals surface area contributed by atoms with E-state index in [9.17, 15) is 4.79 Å². The Balaban J connectivity index is 2.02. The van der Waals surface area contributed by atoms with Gasteiger partial charge in [0.2, 0.25) is 0 Å². The molecule has 0 saturated heterocycles. The van der Waals surface area contributed by atoms with Gasteiger partial charge in [-0.15, -0.1) is 0 Å². The van der Waals surface area contributed by atoms with Crippen molar-refractivity contribution in [2.45, 2.75) is 13.3 Å². The number of thioether (sulfide) groups is 1. The lowest BCUT2D eigenvalue weighted by molar-refractivity contribution is 0.0526. The van der Waals surface area contributed by atoms with Crippen molar-refractivity contribution in [3.63, 3.8) is 0 Å². The molecule has 0 saturated carbocycles. The smallest absolute Gasteiger partial charge is 0.338 e. The van der Waals surface area contributed by atoms with E-state index in [0.717, 1.165) is 23.7 Å². The fourth-order valence-electron chi connectivity index (χ4n) is 1.59. The molecule has 100 valence electrons. The van der Waals surface area contributed by atoms with E-state index < -0.39 is 0 Å². The first-order valence-electron chi connectivity index (χ1n) is 5.97. The highest BCUT2D eigenvalue weighted by molar-refractivity contribution is 8.23. The van der Waals surface area contributed by atoms with E-state index in [2.05, 4.69) is 10.3 Å². The highest BCUT2D eigenvalue weighted by Crippen LogP contribution is 2.17. The molecule has 0 aromatic heterocycles. The van der Waals surface area contributed by atoms with Crippen LogP contribution in [-0.2, 0) is 4.74 Å². The summed E-state index contributed by atoms with van der Waals surface area (Å²) in [6.07, 6.45) is 0.866. The first kappa shape index (κ1) is 14.0. The molecule has 0 atom stereocenters. The van der Waals surface area contributed by atoms with E-state index in [1.54, 1.807) is 30.8 Å². The summed E-state index contributed by atoms with van der Waals surface area (Å²) in [7, 11) is 0. The number of carbonyl (C=O) groups excluding carboxylic acids is 1. The van der Waals surface area contributed by atoms with Crippen LogP contribution in [-0.4, -0.2) is 28.5 Å². The van der Waals surface area contributed by atoms with E-state index in [1.165, 1.54) is 0 Å². The van der Waals surface area contributed by atoms with E-state index in [4.69, 9.17) is 17.0 Å². The van der Waals surface area contributed by atoms with Crippen molar-refractivity contribution in [2.75, 3.05) is 17.7 Å². The third-order valence-electron chi connectivity index (χ3n) is 2.48. The van der Waals surface area contributed by atoms with E-state index in [0.29, 0.717) is 16.5 Å². The van der Waals surface area contributed by atoms with Gasteiger partial charge in [0.25, 0.3) is 0 Å². The Morgan fingerprint density at radius 1 is 1.47 bits per heavy atom. The van der Waals surface area contributed by atoms with Crippen molar-refractivity contribution >= 4 is 45.8 Å². The number of hydrogen-bond donors (Lipinski definition) is 1. The van der Waals surface area contributed by atoms with Crippen molar-refractivity contribution in [1.82, 2.24) is 0 Å². The van der Waals surface area contributed by atoms with Gasteiger partial charge in [-0.25, -0.2) is 9.79 Å². The molecule has 4 nitrogen and oxygen atoms in total. The summed E-state index contributed by atoms with van der Waals surface area (Å²) in [6, 6.07) is 7.13. The zero-order valence-corrected chi connectivity index (χ0v) is 12.1. The lowest BCUT2D eigenvalue weighted by Gasteiger charge is -2.14. The maximum absolute atomic E-state index is 11.5. The van der Waals surface area contributed by atoms with E-state index >= 15 is 0 Å². The van der Waals surface area contributed by atoms with Gasteiger partial charge in [0.15, 0.2) is 4.32 Å². The number of carbonyl (C=O) groups is 1. The number of amidine groups is 1. The van der Waals surface area contributed by atoms with Gasteiger partial charge in [-0.3, -0.25) is 0 Å². The summed E-state index contributed by atoms with van der Waals surface area (Å²) in [5, 5.41) is 3.21. The first-order valence-corrected chi connectivity index (χ1v) is 7.37. The Labute approximate surface area is 121 Å². The van der Waals surface area contributed by atoms with Crippen LogP contribution in [0, 0.1) is 0 Å². The van der Waals surface area contributed by atoms with Gasteiger partial charge in [0.05, 0.1) is 12.2 Å². The van der Waals surface area contributed by atoms with Gasteiger partial charge in [0, 0.05) is 17.9 Å². The average molecular weight is 294 g/mol. The van der Waals surface area contributed by atoms with Crippen molar-refractivity contribution in [2.24, 2.45) is 4.99 Å². The molecule has 0 bridgehead atoms. The molecule has 0 spiro atoms. The number of nitrogens with one attached hydrogen (secondary N) is 1. The second-order valence-corrected chi connectivity index (χ2v) is 5.57. The molecule has 0 radical (unpaired) electrons. The lowest BCUT2D eigenvalue weighted by Crippen LogP contribution is -2.18. The summed E-state index contributed by atoms with van der Waals surface area (Å²) < 4.78 is 5.59. The zero-order valence-electron chi connectivity index (χ0n) is 10.5. The number of rotatable bonds is 3. The third-order valence-corrected chi connectivity index (χ3v) is 3.67. The number of hydrogen-bond acceptors (Lipinski definition) is 5. The topological polar surface area (TPSA) is 50.7 Å². The first-order chi connectivity index (χ1) is 9.19. The van der Waals surface area contributed by atoms with Gasteiger partial charge in [-0.05, 0) is 31.2 Å². The second-order valence-electron chi connectivity index (χ2n) is 3.85. The van der Waals surface area contributed by atoms with Crippen LogP contribution >= 0.6 is 24.0 Å². The monoisotopic (exact) mass is 294 g/mol. The van der Waals surface area contributed by atoms with Crippen LogP contribution in [0.25, 0.3) is 0 Å². The van der Waals surface area contributed by atoms with Crippen molar-refractivity contribution < 1.29 is 9.53 Å². The second kappa shape index (κ2) is 6.68. The number of ether oxygens (including phenoxy) is 1. The molecule has 1 aliphatic heterocycles. The zero-order chi connectivity index (χ0) is 13.7. The number of esters is 1. The molecule has 0 amide bonds. The van der Waals surface area contributed by atoms with Crippen molar-refractivity contribution in [3.8, 4) is 0 Å². The number of nitrogens with zero attached hydrogens (tertiary/aromatic N) is 1. The highest BCUT2D eigenvalue weighted by Gasteiger charge is 2.10. The Hall–Kier alpha value is -1.40. The molecule has 1 aromatic carbocycles. The van der Waals surface area contributed by atoms with Gasteiger partial charge in [0.1, 0.15) is 5.84 Å². The van der Waals surface area contributed by atoms with Crippen LogP contribution in [0.15, 0.2) is 29.3 Å². The van der Waals surface area contributed by atoms with Crippen molar-refractivity contribution in [3.05, 3.63) is 29.8 Å². The van der Waals surface area contributed by atoms with Crippen LogP contribution in [0.5, 0.6) is 0 Å². The largest absolute Gasteiger partial charge is 0.462 e. The summed E-state index contributed by atoms with van der Waals surface area (Å²) in [4.78, 5) is 15.8. The highest BCUT2D eigenvalue weighted by atomic mass is 32.2. The number of anilines is 1. The normalized spacial score (nSPS) is 14.8. The fraction of sp³-hybridized carbons (Fsp3) is 0.308. The Morgan fingerprint density at radius 2 is 2.21 bits per heavy atom. The minimum atomic E-state index is -0.304. The molecule has 1 aliphatic rings. The summed E-state index contributed by atoms with van der Waals surface area (Å²) in [5.74, 6) is 1.51. The predicted molar refractivity (Wildman–Crippen MR) is 83.1 cm³/mol. The molecule has 1 heterocycles. The standard InChI is InChI=1S/C13H14N2O2S2/c1-2-17-12(16)9-3-5-10(6-4-9)14-11-7-8-19-13(18)15-11/h3-6H,2,7-8H2,1H3,(H,14,15,18). The molecular formula is C13H14N2O2S2. The molecule has 6 heteroatoms. The fourth-order valence-corrected chi connectivity index (χ4v) is 2.60. The van der Waals surface area contributed by atoms with Gasteiger partial charge in [-0.2, -0.15) is 0 Å². The number of aliphatic imine (C=N–C) groups is 1. The molecule has 0 aliphatic carbocycles. The number of thiocarbonyl (C=S) groups is 1. The average Bonchev–Trinajstić information content (AvgIpc) is 2.40. The van der Waals surface area contributed by atoms with Crippen LogP contribution in [0.2, 0.25) is 0 Å². The molecular weight excluding hydrogens is 280 g/mol. The maximum Gasteiger partial charge on any atom is 0.338 e. The Morgan fingerprint density at radius 3 is 2.84 bits per heavy atom. The van der Waals surface area contributed by atoms with Crippen molar-refractivity contribution in [1.29, 1.82) is 0 Å². The minimum absolute atomic E-state index is 0.304. The van der Waals surface area contributed by atoms with Crippen LogP contribution in [0.3, 0.4) is 0 Å². The molecule has 1 N–H and O–H groups in total. The van der Waals surface area contributed by atoms with Gasteiger partial charge in [-0.1, -0.05) is 24.0 Å². The Kier molecular flexibility index (Phi) is 4.93. The predicted octanol–water partition coefficient (Wildman–Crippen LogP) is 3.10. The van der Waals surface area contributed by atoms with E-state index in [1.807, 2.05) is 12.1 Å². The SMILES string of the molecule is CCOC(=O)c1ccc(NC2=NC(=S)SCC2)cc1. The number of benzene rings is 1. The molecule has 2 rings (SSSR count). The third kappa shape index (κ3) is 4.04. The lowest BCUT2D eigenvalue weighted by atomic mass is 10.2. The minimum Gasteiger partial charge on any atom is -0.462 e. The maximum atomic E-state index is 11.5. The van der Waals surface area contributed by atoms with Crippen LogP contribution < -0.4 is 5.32 Å². The summed E-state index contributed by atoms with van der Waals surface area (Å²) in [6.45, 7) is 2.17.